The van der Waals surface area contributed by atoms with E-state index >= 15 is 0 Å². The van der Waals surface area contributed by atoms with Gasteiger partial charge in [0.15, 0.2) is 5.11 Å². The summed E-state index contributed by atoms with van der Waals surface area (Å²) in [7, 11) is 1.59. The average Bonchev–Trinajstić information content (AvgIpc) is 2.95. The summed E-state index contributed by atoms with van der Waals surface area (Å²) in [6.45, 7) is 1.28. The Morgan fingerprint density at radius 2 is 1.75 bits per heavy atom. The first-order chi connectivity index (χ1) is 13.6. The van der Waals surface area contributed by atoms with Crippen LogP contribution < -0.4 is 10.2 Å². The number of ether oxygens (including phenoxy) is 1. The SMILES string of the molecule is COCCN1C(=S)N(c2ccccc2)C(=O)[C@@H]1CC(=O)NCc1ccccc1. The van der Waals surface area contributed by atoms with Crippen molar-refractivity contribution < 1.29 is 14.3 Å². The number of nitrogens with zero attached hydrogens (tertiary/aromatic N) is 2. The highest BCUT2D eigenvalue weighted by Gasteiger charge is 2.43. The summed E-state index contributed by atoms with van der Waals surface area (Å²) in [5.41, 5.74) is 1.71. The first-order valence-corrected chi connectivity index (χ1v) is 9.52. The van der Waals surface area contributed by atoms with Gasteiger partial charge in [-0.1, -0.05) is 48.5 Å². The third-order valence-corrected chi connectivity index (χ3v) is 5.00. The van der Waals surface area contributed by atoms with Crippen molar-refractivity contribution in [2.45, 2.75) is 19.0 Å². The van der Waals surface area contributed by atoms with Gasteiger partial charge in [-0.15, -0.1) is 0 Å². The van der Waals surface area contributed by atoms with E-state index in [0.29, 0.717) is 30.5 Å². The van der Waals surface area contributed by atoms with Crippen molar-refractivity contribution in [1.82, 2.24) is 10.2 Å². The maximum atomic E-state index is 13.1. The Morgan fingerprint density at radius 1 is 1.11 bits per heavy atom. The van der Waals surface area contributed by atoms with Gasteiger partial charge in [0.25, 0.3) is 5.91 Å². The van der Waals surface area contributed by atoms with Crippen LogP contribution in [0.25, 0.3) is 0 Å². The second-order valence-corrected chi connectivity index (χ2v) is 6.83. The fourth-order valence-electron chi connectivity index (χ4n) is 3.14. The minimum absolute atomic E-state index is 0.0405. The van der Waals surface area contributed by atoms with E-state index < -0.39 is 6.04 Å². The van der Waals surface area contributed by atoms with E-state index in [0.717, 1.165) is 5.56 Å². The zero-order chi connectivity index (χ0) is 19.9. The van der Waals surface area contributed by atoms with Gasteiger partial charge in [0.2, 0.25) is 5.91 Å². The topological polar surface area (TPSA) is 61.9 Å². The third kappa shape index (κ3) is 4.55. The first kappa shape index (κ1) is 20.0. The smallest absolute Gasteiger partial charge is 0.256 e. The summed E-state index contributed by atoms with van der Waals surface area (Å²) >= 11 is 5.55. The molecule has 0 saturated carbocycles. The monoisotopic (exact) mass is 397 g/mol. The molecule has 7 heteroatoms. The van der Waals surface area contributed by atoms with Crippen molar-refractivity contribution >= 4 is 34.8 Å². The van der Waals surface area contributed by atoms with Crippen LogP contribution in [-0.2, 0) is 20.9 Å². The molecule has 28 heavy (non-hydrogen) atoms. The van der Waals surface area contributed by atoms with Crippen LogP contribution in [0.15, 0.2) is 60.7 Å². The van der Waals surface area contributed by atoms with E-state index in [2.05, 4.69) is 5.32 Å². The Hall–Kier alpha value is -2.77. The van der Waals surface area contributed by atoms with Gasteiger partial charge >= 0.3 is 0 Å². The van der Waals surface area contributed by atoms with Gasteiger partial charge in [0.1, 0.15) is 6.04 Å². The number of carbonyl (C=O) groups excluding carboxylic acids is 2. The molecular weight excluding hydrogens is 374 g/mol. The molecule has 1 atom stereocenters. The molecule has 1 saturated heterocycles. The molecule has 0 aliphatic carbocycles. The number of methoxy groups -OCH3 is 1. The normalized spacial score (nSPS) is 16.5. The minimum atomic E-state index is -0.640. The lowest BCUT2D eigenvalue weighted by molar-refractivity contribution is -0.127. The Kier molecular flexibility index (Phi) is 6.73. The van der Waals surface area contributed by atoms with E-state index in [1.807, 2.05) is 60.7 Å². The molecule has 2 amide bonds. The van der Waals surface area contributed by atoms with Gasteiger partial charge in [-0.25, -0.2) is 0 Å². The van der Waals surface area contributed by atoms with Gasteiger partial charge in [-0.05, 0) is 29.9 Å². The maximum Gasteiger partial charge on any atom is 0.256 e. The molecule has 3 rings (SSSR count). The Labute approximate surface area is 170 Å². The maximum absolute atomic E-state index is 13.1. The number of hydrogen-bond donors (Lipinski definition) is 1. The van der Waals surface area contributed by atoms with Crippen molar-refractivity contribution in [3.05, 3.63) is 66.2 Å². The van der Waals surface area contributed by atoms with Crippen molar-refractivity contribution in [2.24, 2.45) is 0 Å². The van der Waals surface area contributed by atoms with Crippen LogP contribution in [0.1, 0.15) is 12.0 Å². The average molecular weight is 398 g/mol. The minimum Gasteiger partial charge on any atom is -0.383 e. The zero-order valence-corrected chi connectivity index (χ0v) is 16.5. The van der Waals surface area contributed by atoms with Gasteiger partial charge in [0, 0.05) is 20.2 Å². The van der Waals surface area contributed by atoms with Gasteiger partial charge in [-0.3, -0.25) is 14.5 Å². The highest BCUT2D eigenvalue weighted by molar-refractivity contribution is 7.80. The molecular formula is C21H23N3O3S. The molecule has 146 valence electrons. The summed E-state index contributed by atoms with van der Waals surface area (Å²) in [5.74, 6) is -0.385. The Bertz CT molecular complexity index is 829. The molecule has 1 aliphatic heterocycles. The van der Waals surface area contributed by atoms with Crippen LogP contribution in [0.5, 0.6) is 0 Å². The molecule has 0 radical (unpaired) electrons. The second-order valence-electron chi connectivity index (χ2n) is 6.46. The van der Waals surface area contributed by atoms with Crippen LogP contribution >= 0.6 is 12.2 Å². The number of hydrogen-bond acceptors (Lipinski definition) is 4. The molecule has 1 heterocycles. The summed E-state index contributed by atoms with van der Waals surface area (Å²) in [6.07, 6.45) is 0.0405. The number of carbonyl (C=O) groups is 2. The molecule has 2 aromatic carbocycles. The lowest BCUT2D eigenvalue weighted by Crippen LogP contribution is -2.41. The number of thiocarbonyl (C=S) groups is 1. The zero-order valence-electron chi connectivity index (χ0n) is 15.7. The fourth-order valence-corrected chi connectivity index (χ4v) is 3.55. The number of amides is 2. The standard InChI is InChI=1S/C21H23N3O3S/c1-27-13-12-23-18(14-19(25)22-15-16-8-4-2-5-9-16)20(26)24(21(23)28)17-10-6-3-7-11-17/h2-11,18H,12-15H2,1H3,(H,22,25)/t18-/m0/s1. The van der Waals surface area contributed by atoms with Crippen LogP contribution in [-0.4, -0.2) is 48.1 Å². The van der Waals surface area contributed by atoms with Gasteiger partial charge in [-0.2, -0.15) is 0 Å². The Morgan fingerprint density at radius 3 is 2.39 bits per heavy atom. The molecule has 1 N–H and O–H groups in total. The number of rotatable bonds is 8. The highest BCUT2D eigenvalue weighted by atomic mass is 32.1. The number of nitrogens with one attached hydrogen (secondary N) is 1. The predicted molar refractivity (Wildman–Crippen MR) is 112 cm³/mol. The highest BCUT2D eigenvalue weighted by Crippen LogP contribution is 2.26. The molecule has 0 aromatic heterocycles. The number of anilines is 1. The van der Waals surface area contributed by atoms with E-state index in [-0.39, 0.29) is 18.2 Å². The lowest BCUT2D eigenvalue weighted by atomic mass is 10.1. The fraction of sp³-hybridized carbons (Fsp3) is 0.286. The van der Waals surface area contributed by atoms with Crippen molar-refractivity contribution in [1.29, 1.82) is 0 Å². The van der Waals surface area contributed by atoms with Crippen LogP contribution in [0.3, 0.4) is 0 Å². The van der Waals surface area contributed by atoms with Crippen molar-refractivity contribution in [3.8, 4) is 0 Å². The van der Waals surface area contributed by atoms with Crippen LogP contribution in [0, 0.1) is 0 Å². The molecule has 0 spiro atoms. The lowest BCUT2D eigenvalue weighted by Gasteiger charge is -2.23. The van der Waals surface area contributed by atoms with E-state index in [9.17, 15) is 9.59 Å². The van der Waals surface area contributed by atoms with Crippen molar-refractivity contribution in [2.75, 3.05) is 25.2 Å². The van der Waals surface area contributed by atoms with Crippen LogP contribution in [0.2, 0.25) is 0 Å². The third-order valence-electron chi connectivity index (χ3n) is 4.58. The van der Waals surface area contributed by atoms with Gasteiger partial charge in [0.05, 0.1) is 18.7 Å². The second kappa shape index (κ2) is 9.43. The molecule has 6 nitrogen and oxygen atoms in total. The van der Waals surface area contributed by atoms with E-state index in [1.165, 1.54) is 4.90 Å². The summed E-state index contributed by atoms with van der Waals surface area (Å²) in [5, 5.41) is 3.28. The number of benzene rings is 2. The molecule has 0 bridgehead atoms. The quantitative estimate of drug-likeness (QED) is 0.693. The molecule has 1 fully saturated rings. The summed E-state index contributed by atoms with van der Waals surface area (Å²) < 4.78 is 5.16. The predicted octanol–water partition coefficient (Wildman–Crippen LogP) is 2.34. The van der Waals surface area contributed by atoms with Crippen molar-refractivity contribution in [3.63, 3.8) is 0 Å². The Balaban J connectivity index is 1.72. The van der Waals surface area contributed by atoms with Gasteiger partial charge < -0.3 is 15.0 Å². The van der Waals surface area contributed by atoms with E-state index in [4.69, 9.17) is 17.0 Å². The van der Waals surface area contributed by atoms with Crippen LogP contribution in [0.4, 0.5) is 5.69 Å². The largest absolute Gasteiger partial charge is 0.383 e. The molecule has 1 aliphatic rings. The molecule has 2 aromatic rings. The first-order valence-electron chi connectivity index (χ1n) is 9.11. The summed E-state index contributed by atoms with van der Waals surface area (Å²) in [4.78, 5) is 28.9. The molecule has 0 unspecified atom stereocenters. The summed E-state index contributed by atoms with van der Waals surface area (Å²) in [6, 6.07) is 18.3. The van der Waals surface area contributed by atoms with E-state index in [1.54, 1.807) is 12.0 Å². The number of para-hydroxylation sites is 1.